The molecule has 1 aliphatic heterocycles. The number of hydrogen-bond donors (Lipinski definition) is 1. The second kappa shape index (κ2) is 9.21. The molecule has 26 heavy (non-hydrogen) atoms. The molecule has 3 rings (SSSR count). The van der Waals surface area contributed by atoms with Crippen LogP contribution in [-0.2, 0) is 6.54 Å². The van der Waals surface area contributed by atoms with E-state index in [2.05, 4.69) is 40.0 Å². The molecule has 144 valence electrons. The zero-order chi connectivity index (χ0) is 18.4. The second-order valence-electron chi connectivity index (χ2n) is 7.32. The van der Waals surface area contributed by atoms with Crippen molar-refractivity contribution in [1.82, 2.24) is 20.1 Å². The molecule has 0 aromatic carbocycles. The smallest absolute Gasteiger partial charge is 0.317 e. The van der Waals surface area contributed by atoms with Gasteiger partial charge in [-0.2, -0.15) is 0 Å². The van der Waals surface area contributed by atoms with Crippen molar-refractivity contribution in [1.29, 1.82) is 0 Å². The molecule has 2 amide bonds. The third-order valence-corrected chi connectivity index (χ3v) is 5.78. The van der Waals surface area contributed by atoms with Crippen molar-refractivity contribution in [2.24, 2.45) is 0 Å². The van der Waals surface area contributed by atoms with Gasteiger partial charge in [-0.05, 0) is 38.3 Å². The molecule has 0 bridgehead atoms. The highest BCUT2D eigenvalue weighted by molar-refractivity contribution is 5.74. The van der Waals surface area contributed by atoms with Gasteiger partial charge in [-0.3, -0.25) is 4.90 Å². The van der Waals surface area contributed by atoms with Crippen molar-refractivity contribution >= 4 is 11.8 Å². The summed E-state index contributed by atoms with van der Waals surface area (Å²) in [6, 6.07) is 4.90. The lowest BCUT2D eigenvalue weighted by molar-refractivity contribution is 0.109. The average molecular weight is 360 g/mol. The number of anilines is 1. The van der Waals surface area contributed by atoms with Gasteiger partial charge in [-0.15, -0.1) is 0 Å². The van der Waals surface area contributed by atoms with Gasteiger partial charge in [-0.25, -0.2) is 9.78 Å². The highest BCUT2D eigenvalue weighted by Gasteiger charge is 2.27. The van der Waals surface area contributed by atoms with Gasteiger partial charge in [0.05, 0.1) is 0 Å². The van der Waals surface area contributed by atoms with Gasteiger partial charge in [0, 0.05) is 58.1 Å². The van der Waals surface area contributed by atoms with E-state index in [4.69, 9.17) is 0 Å². The SMILES string of the molecule is CCN(CC)c1ccc(CNC(=O)N2CCN(C3CCCC3)CC2)cn1. The zero-order valence-corrected chi connectivity index (χ0v) is 16.3. The Balaban J connectivity index is 1.42. The minimum Gasteiger partial charge on any atom is -0.357 e. The maximum Gasteiger partial charge on any atom is 0.317 e. The molecule has 1 N–H and O–H groups in total. The van der Waals surface area contributed by atoms with E-state index >= 15 is 0 Å². The van der Waals surface area contributed by atoms with Gasteiger partial charge < -0.3 is 15.1 Å². The van der Waals surface area contributed by atoms with Crippen molar-refractivity contribution in [2.75, 3.05) is 44.2 Å². The molecule has 2 heterocycles. The predicted octanol–water partition coefficient (Wildman–Crippen LogP) is 2.70. The molecule has 1 saturated heterocycles. The van der Waals surface area contributed by atoms with Crippen LogP contribution in [0.25, 0.3) is 0 Å². The molecule has 6 heteroatoms. The Morgan fingerprint density at radius 1 is 1.15 bits per heavy atom. The Labute approximate surface area is 157 Å². The topological polar surface area (TPSA) is 51.7 Å². The van der Waals surface area contributed by atoms with E-state index in [0.717, 1.165) is 56.7 Å². The Kier molecular flexibility index (Phi) is 6.72. The third-order valence-electron chi connectivity index (χ3n) is 5.78. The fourth-order valence-corrected chi connectivity index (χ4v) is 4.10. The maximum absolute atomic E-state index is 12.4. The summed E-state index contributed by atoms with van der Waals surface area (Å²) in [4.78, 5) is 23.7. The maximum atomic E-state index is 12.4. The van der Waals surface area contributed by atoms with Crippen LogP contribution in [-0.4, -0.2) is 66.1 Å². The van der Waals surface area contributed by atoms with Crippen LogP contribution in [0, 0.1) is 0 Å². The molecule has 2 aliphatic rings. The molecule has 0 unspecified atom stereocenters. The van der Waals surface area contributed by atoms with Crippen LogP contribution in [0.4, 0.5) is 10.6 Å². The largest absolute Gasteiger partial charge is 0.357 e. The lowest BCUT2D eigenvalue weighted by atomic mass is 10.2. The number of pyridine rings is 1. The van der Waals surface area contributed by atoms with Gasteiger partial charge in [0.2, 0.25) is 0 Å². The number of carbonyl (C=O) groups is 1. The monoisotopic (exact) mass is 359 g/mol. The first kappa shape index (κ1) is 19.0. The van der Waals surface area contributed by atoms with E-state index in [-0.39, 0.29) is 6.03 Å². The third kappa shape index (κ3) is 4.67. The van der Waals surface area contributed by atoms with Crippen LogP contribution >= 0.6 is 0 Å². The molecule has 1 aromatic heterocycles. The molecule has 1 aliphatic carbocycles. The summed E-state index contributed by atoms with van der Waals surface area (Å²) < 4.78 is 0. The van der Waals surface area contributed by atoms with Gasteiger partial charge >= 0.3 is 6.03 Å². The van der Waals surface area contributed by atoms with Crippen molar-refractivity contribution in [3.05, 3.63) is 23.9 Å². The van der Waals surface area contributed by atoms with Crippen LogP contribution in [0.3, 0.4) is 0 Å². The van der Waals surface area contributed by atoms with Gasteiger partial charge in [0.15, 0.2) is 0 Å². The number of nitrogens with one attached hydrogen (secondary N) is 1. The van der Waals surface area contributed by atoms with Gasteiger partial charge in [0.1, 0.15) is 5.82 Å². The van der Waals surface area contributed by atoms with E-state index in [9.17, 15) is 4.79 Å². The quantitative estimate of drug-likeness (QED) is 0.848. The predicted molar refractivity (Wildman–Crippen MR) is 105 cm³/mol. The van der Waals surface area contributed by atoms with Crippen LogP contribution in [0.2, 0.25) is 0 Å². The van der Waals surface area contributed by atoms with Crippen LogP contribution in [0.15, 0.2) is 18.3 Å². The van der Waals surface area contributed by atoms with E-state index < -0.39 is 0 Å². The summed E-state index contributed by atoms with van der Waals surface area (Å²) in [5.74, 6) is 0.994. The Morgan fingerprint density at radius 3 is 2.42 bits per heavy atom. The normalized spacial score (nSPS) is 18.9. The van der Waals surface area contributed by atoms with E-state index in [0.29, 0.717) is 6.54 Å². The molecule has 6 nitrogen and oxygen atoms in total. The highest BCUT2D eigenvalue weighted by Crippen LogP contribution is 2.24. The molecule has 2 fully saturated rings. The summed E-state index contributed by atoms with van der Waals surface area (Å²) >= 11 is 0. The first-order valence-electron chi connectivity index (χ1n) is 10.2. The number of nitrogens with zero attached hydrogens (tertiary/aromatic N) is 4. The zero-order valence-electron chi connectivity index (χ0n) is 16.3. The summed E-state index contributed by atoms with van der Waals surface area (Å²) in [5, 5.41) is 3.04. The number of urea groups is 1. The minimum atomic E-state index is 0.0453. The van der Waals surface area contributed by atoms with E-state index in [1.54, 1.807) is 0 Å². The van der Waals surface area contributed by atoms with Crippen molar-refractivity contribution in [2.45, 2.75) is 52.1 Å². The minimum absolute atomic E-state index is 0.0453. The Morgan fingerprint density at radius 2 is 1.85 bits per heavy atom. The summed E-state index contributed by atoms with van der Waals surface area (Å²) in [6.45, 7) is 10.4. The van der Waals surface area contributed by atoms with Crippen molar-refractivity contribution in [3.63, 3.8) is 0 Å². The number of amides is 2. The van der Waals surface area contributed by atoms with Gasteiger partial charge in [0.25, 0.3) is 0 Å². The summed E-state index contributed by atoms with van der Waals surface area (Å²) in [7, 11) is 0. The number of piperazine rings is 1. The van der Waals surface area contributed by atoms with Crippen molar-refractivity contribution < 1.29 is 4.79 Å². The summed E-state index contributed by atoms with van der Waals surface area (Å²) in [6.07, 6.45) is 7.27. The second-order valence-corrected chi connectivity index (χ2v) is 7.32. The molecular formula is C20H33N5O. The number of carbonyl (C=O) groups excluding carboxylic acids is 1. The standard InChI is InChI=1S/C20H33N5O/c1-3-23(4-2)19-10-9-17(15-21-19)16-22-20(26)25-13-11-24(12-14-25)18-7-5-6-8-18/h9-10,15,18H,3-8,11-14,16H2,1-2H3,(H,22,26). The first-order chi connectivity index (χ1) is 12.7. The molecule has 0 spiro atoms. The highest BCUT2D eigenvalue weighted by atomic mass is 16.2. The molecular weight excluding hydrogens is 326 g/mol. The lowest BCUT2D eigenvalue weighted by Gasteiger charge is -2.38. The fourth-order valence-electron chi connectivity index (χ4n) is 4.10. The lowest BCUT2D eigenvalue weighted by Crippen LogP contribution is -2.53. The fraction of sp³-hybridized carbons (Fsp3) is 0.700. The Hall–Kier alpha value is -1.82. The Bertz CT molecular complexity index is 558. The number of hydrogen-bond acceptors (Lipinski definition) is 4. The summed E-state index contributed by atoms with van der Waals surface area (Å²) in [5.41, 5.74) is 1.04. The van der Waals surface area contributed by atoms with Crippen LogP contribution in [0.5, 0.6) is 0 Å². The average Bonchev–Trinajstić information content (AvgIpc) is 3.23. The molecule has 1 aromatic rings. The van der Waals surface area contributed by atoms with E-state index in [1.165, 1.54) is 25.7 Å². The number of aromatic nitrogens is 1. The molecule has 1 saturated carbocycles. The molecule has 0 radical (unpaired) electrons. The van der Waals surface area contributed by atoms with Gasteiger partial charge in [-0.1, -0.05) is 18.9 Å². The first-order valence-corrected chi connectivity index (χ1v) is 10.2. The van der Waals surface area contributed by atoms with Crippen LogP contribution < -0.4 is 10.2 Å². The number of rotatable bonds is 6. The molecule has 0 atom stereocenters. The van der Waals surface area contributed by atoms with E-state index in [1.807, 2.05) is 17.2 Å². The van der Waals surface area contributed by atoms with Crippen LogP contribution in [0.1, 0.15) is 45.1 Å². The van der Waals surface area contributed by atoms with Crippen molar-refractivity contribution in [3.8, 4) is 0 Å².